The van der Waals surface area contributed by atoms with Crippen molar-refractivity contribution in [2.45, 2.75) is 19.4 Å². The first kappa shape index (κ1) is 13.8. The molecular weight excluding hydrogens is 302 g/mol. The molecule has 0 aromatic heterocycles. The van der Waals surface area contributed by atoms with Gasteiger partial charge in [-0.25, -0.2) is 0 Å². The predicted octanol–water partition coefficient (Wildman–Crippen LogP) is 4.33. The van der Waals surface area contributed by atoms with Crippen molar-refractivity contribution in [3.63, 3.8) is 0 Å². The highest BCUT2D eigenvalue weighted by Gasteiger charge is 2.13. The van der Waals surface area contributed by atoms with Crippen LogP contribution in [0.4, 0.5) is 0 Å². The molecule has 0 aliphatic carbocycles. The zero-order valence-corrected chi connectivity index (χ0v) is 12.4. The number of carbonyl (C=O) groups excluding carboxylic acids is 1. The van der Waals surface area contributed by atoms with Gasteiger partial charge in [0.25, 0.3) is 5.91 Å². The molecule has 0 radical (unpaired) electrons. The van der Waals surface area contributed by atoms with Crippen LogP contribution in [0.1, 0.15) is 35.3 Å². The summed E-state index contributed by atoms with van der Waals surface area (Å²) in [6, 6.07) is 17.5. The predicted molar refractivity (Wildman–Crippen MR) is 81.1 cm³/mol. The molecule has 0 bridgehead atoms. The van der Waals surface area contributed by atoms with Crippen LogP contribution >= 0.6 is 15.9 Å². The minimum atomic E-state index is -0.0444. The van der Waals surface area contributed by atoms with E-state index in [0.29, 0.717) is 5.56 Å². The molecule has 0 aliphatic rings. The molecular formula is C16H16BrNO. The van der Waals surface area contributed by atoms with Crippen molar-refractivity contribution in [2.75, 3.05) is 0 Å². The molecule has 0 saturated carbocycles. The largest absolute Gasteiger partial charge is 0.345 e. The molecule has 1 N–H and O–H groups in total. The maximum atomic E-state index is 12.2. The van der Waals surface area contributed by atoms with Gasteiger partial charge in [0, 0.05) is 10.0 Å². The molecule has 1 atom stereocenters. The molecule has 2 aromatic rings. The van der Waals surface area contributed by atoms with E-state index in [4.69, 9.17) is 0 Å². The van der Waals surface area contributed by atoms with Gasteiger partial charge in [0.2, 0.25) is 0 Å². The van der Waals surface area contributed by atoms with Crippen LogP contribution in [0.3, 0.4) is 0 Å². The monoisotopic (exact) mass is 317 g/mol. The third kappa shape index (κ3) is 3.67. The van der Waals surface area contributed by atoms with Crippen LogP contribution in [0.5, 0.6) is 0 Å². The third-order valence-electron chi connectivity index (χ3n) is 3.00. The van der Waals surface area contributed by atoms with E-state index in [1.165, 1.54) is 0 Å². The number of nitrogens with one attached hydrogen (secondary N) is 1. The van der Waals surface area contributed by atoms with Crippen LogP contribution < -0.4 is 5.32 Å². The lowest BCUT2D eigenvalue weighted by atomic mass is 10.0. The van der Waals surface area contributed by atoms with E-state index in [1.54, 1.807) is 0 Å². The minimum Gasteiger partial charge on any atom is -0.345 e. The van der Waals surface area contributed by atoms with Gasteiger partial charge in [-0.3, -0.25) is 4.79 Å². The summed E-state index contributed by atoms with van der Waals surface area (Å²) in [5.74, 6) is -0.0444. The number of carbonyl (C=O) groups is 1. The molecule has 19 heavy (non-hydrogen) atoms. The highest BCUT2D eigenvalue weighted by molar-refractivity contribution is 9.10. The molecule has 2 nitrogen and oxygen atoms in total. The van der Waals surface area contributed by atoms with Crippen molar-refractivity contribution < 1.29 is 4.79 Å². The molecule has 0 spiro atoms. The lowest BCUT2D eigenvalue weighted by Gasteiger charge is -2.17. The van der Waals surface area contributed by atoms with E-state index in [9.17, 15) is 4.79 Å². The fraction of sp³-hybridized carbons (Fsp3) is 0.188. The smallest absolute Gasteiger partial charge is 0.251 e. The number of amides is 1. The van der Waals surface area contributed by atoms with E-state index in [2.05, 4.69) is 28.2 Å². The van der Waals surface area contributed by atoms with Gasteiger partial charge in [0.15, 0.2) is 0 Å². The van der Waals surface area contributed by atoms with Gasteiger partial charge in [0.05, 0.1) is 6.04 Å². The molecule has 0 aliphatic heterocycles. The zero-order valence-electron chi connectivity index (χ0n) is 10.8. The van der Waals surface area contributed by atoms with E-state index < -0.39 is 0 Å². The summed E-state index contributed by atoms with van der Waals surface area (Å²) in [4.78, 5) is 12.2. The van der Waals surface area contributed by atoms with Crippen LogP contribution in [0, 0.1) is 0 Å². The lowest BCUT2D eigenvalue weighted by molar-refractivity contribution is 0.0935. The van der Waals surface area contributed by atoms with Crippen molar-refractivity contribution in [3.8, 4) is 0 Å². The van der Waals surface area contributed by atoms with Crippen LogP contribution in [0.2, 0.25) is 0 Å². The van der Waals surface area contributed by atoms with Crippen molar-refractivity contribution in [2.24, 2.45) is 0 Å². The Morgan fingerprint density at radius 3 is 2.53 bits per heavy atom. The van der Waals surface area contributed by atoms with Crippen LogP contribution in [0.15, 0.2) is 59.1 Å². The molecule has 0 saturated heterocycles. The summed E-state index contributed by atoms with van der Waals surface area (Å²) >= 11 is 3.38. The average Bonchev–Trinajstić information content (AvgIpc) is 2.45. The van der Waals surface area contributed by atoms with Crippen molar-refractivity contribution in [1.29, 1.82) is 0 Å². The molecule has 2 aromatic carbocycles. The van der Waals surface area contributed by atoms with Crippen LogP contribution in [0.25, 0.3) is 0 Å². The topological polar surface area (TPSA) is 29.1 Å². The number of rotatable bonds is 4. The number of hydrogen-bond donors (Lipinski definition) is 1. The Morgan fingerprint density at radius 1 is 1.16 bits per heavy atom. The van der Waals surface area contributed by atoms with E-state index in [1.807, 2.05) is 54.6 Å². The summed E-state index contributed by atoms with van der Waals surface area (Å²) in [5.41, 5.74) is 1.80. The zero-order chi connectivity index (χ0) is 13.7. The summed E-state index contributed by atoms with van der Waals surface area (Å²) in [5, 5.41) is 3.07. The van der Waals surface area contributed by atoms with Crippen molar-refractivity contribution in [3.05, 3.63) is 70.2 Å². The Labute approximate surface area is 122 Å². The highest BCUT2D eigenvalue weighted by Crippen LogP contribution is 2.18. The number of halogens is 1. The van der Waals surface area contributed by atoms with E-state index in [-0.39, 0.29) is 11.9 Å². The minimum absolute atomic E-state index is 0.0444. The quantitative estimate of drug-likeness (QED) is 0.893. The standard InChI is InChI=1S/C16H16BrNO/c1-2-15(12-7-4-3-5-8-12)18-16(19)13-9-6-10-14(17)11-13/h3-11,15H,2H2,1H3,(H,18,19). The third-order valence-corrected chi connectivity index (χ3v) is 3.50. The Morgan fingerprint density at radius 2 is 1.89 bits per heavy atom. The van der Waals surface area contributed by atoms with Gasteiger partial charge < -0.3 is 5.32 Å². The Bertz CT molecular complexity index is 554. The average molecular weight is 318 g/mol. The Balaban J connectivity index is 2.13. The fourth-order valence-corrected chi connectivity index (χ4v) is 2.38. The Hall–Kier alpha value is -1.61. The summed E-state index contributed by atoms with van der Waals surface area (Å²) < 4.78 is 0.910. The second-order valence-electron chi connectivity index (χ2n) is 4.36. The number of benzene rings is 2. The molecule has 98 valence electrons. The lowest BCUT2D eigenvalue weighted by Crippen LogP contribution is -2.28. The SMILES string of the molecule is CCC(NC(=O)c1cccc(Br)c1)c1ccccc1. The summed E-state index contributed by atoms with van der Waals surface area (Å²) in [7, 11) is 0. The number of hydrogen-bond acceptors (Lipinski definition) is 1. The molecule has 1 amide bonds. The van der Waals surface area contributed by atoms with Crippen LogP contribution in [-0.2, 0) is 0 Å². The first-order valence-corrected chi connectivity index (χ1v) is 7.11. The molecule has 0 heterocycles. The normalized spacial score (nSPS) is 11.9. The van der Waals surface area contributed by atoms with Gasteiger partial charge in [-0.15, -0.1) is 0 Å². The summed E-state index contributed by atoms with van der Waals surface area (Å²) in [6.07, 6.45) is 0.865. The van der Waals surface area contributed by atoms with E-state index >= 15 is 0 Å². The fourth-order valence-electron chi connectivity index (χ4n) is 1.98. The molecule has 0 fully saturated rings. The van der Waals surface area contributed by atoms with E-state index in [0.717, 1.165) is 16.5 Å². The maximum absolute atomic E-state index is 12.2. The second kappa shape index (κ2) is 6.53. The van der Waals surface area contributed by atoms with Gasteiger partial charge in [0.1, 0.15) is 0 Å². The Kier molecular flexibility index (Phi) is 4.74. The first-order valence-electron chi connectivity index (χ1n) is 6.32. The molecule has 2 rings (SSSR count). The van der Waals surface area contributed by atoms with Crippen molar-refractivity contribution in [1.82, 2.24) is 5.32 Å². The van der Waals surface area contributed by atoms with Crippen LogP contribution in [-0.4, -0.2) is 5.91 Å². The highest BCUT2D eigenvalue weighted by atomic mass is 79.9. The van der Waals surface area contributed by atoms with Gasteiger partial charge in [-0.2, -0.15) is 0 Å². The molecule has 1 unspecified atom stereocenters. The van der Waals surface area contributed by atoms with Gasteiger partial charge >= 0.3 is 0 Å². The van der Waals surface area contributed by atoms with Gasteiger partial charge in [-0.05, 0) is 30.2 Å². The molecule has 3 heteroatoms. The van der Waals surface area contributed by atoms with Crippen molar-refractivity contribution >= 4 is 21.8 Å². The van der Waals surface area contributed by atoms with Gasteiger partial charge in [-0.1, -0.05) is 59.3 Å². The first-order chi connectivity index (χ1) is 9.20. The second-order valence-corrected chi connectivity index (χ2v) is 5.27. The summed E-state index contributed by atoms with van der Waals surface area (Å²) in [6.45, 7) is 2.07. The maximum Gasteiger partial charge on any atom is 0.251 e.